The number of aliphatic carboxylic acids is 1. The standard InChI is InChI=1S/C30H34N4O4/c1-7-8-26(35)34(24-14-18(3)17(2)13-21(24)19-9-10-19)25-12-11-23-27(31-25)28(32-33(23)6)38-20-15-22(29(36)37)30(4,5)16-20/h11-14,19-20,22H,9-10,15-16H2,1-6H3,(H,36,37)/t20-,22+/m1/s1. The zero-order valence-electron chi connectivity index (χ0n) is 22.8. The Bertz CT molecular complexity index is 1510. The molecule has 0 spiro atoms. The number of benzene rings is 1. The van der Waals surface area contributed by atoms with Gasteiger partial charge in [0.15, 0.2) is 5.52 Å². The first-order valence-electron chi connectivity index (χ1n) is 13.1. The smallest absolute Gasteiger partial charge is 0.308 e. The summed E-state index contributed by atoms with van der Waals surface area (Å²) in [5.74, 6) is 5.01. The molecule has 198 valence electrons. The van der Waals surface area contributed by atoms with Crippen LogP contribution in [-0.2, 0) is 16.6 Å². The topological polar surface area (TPSA) is 97.6 Å². The lowest BCUT2D eigenvalue weighted by Crippen LogP contribution is -2.26. The highest BCUT2D eigenvalue weighted by molar-refractivity contribution is 6.11. The number of aromatic nitrogens is 3. The Kier molecular flexibility index (Phi) is 6.42. The number of carboxylic acids is 1. The molecule has 1 amide bonds. The van der Waals surface area contributed by atoms with Crippen LogP contribution in [0.2, 0.25) is 0 Å². The summed E-state index contributed by atoms with van der Waals surface area (Å²) in [5, 5.41) is 14.2. The fourth-order valence-corrected chi connectivity index (χ4v) is 5.62. The molecule has 5 rings (SSSR count). The van der Waals surface area contributed by atoms with Gasteiger partial charge < -0.3 is 9.84 Å². The first-order chi connectivity index (χ1) is 18.0. The van der Waals surface area contributed by atoms with Gasteiger partial charge in [-0.1, -0.05) is 25.8 Å². The molecule has 2 saturated carbocycles. The molecule has 2 atom stereocenters. The van der Waals surface area contributed by atoms with Crippen LogP contribution in [0.25, 0.3) is 11.0 Å². The van der Waals surface area contributed by atoms with Gasteiger partial charge in [0.1, 0.15) is 11.9 Å². The van der Waals surface area contributed by atoms with E-state index in [0.29, 0.717) is 36.0 Å². The van der Waals surface area contributed by atoms with Crippen LogP contribution in [0.15, 0.2) is 24.3 Å². The molecule has 2 fully saturated rings. The number of rotatable bonds is 6. The van der Waals surface area contributed by atoms with Crippen LogP contribution in [0.1, 0.15) is 69.1 Å². The number of anilines is 2. The van der Waals surface area contributed by atoms with Gasteiger partial charge in [0, 0.05) is 7.05 Å². The summed E-state index contributed by atoms with van der Waals surface area (Å²) in [7, 11) is 1.81. The first kappa shape index (κ1) is 25.8. The third-order valence-corrected chi connectivity index (χ3v) is 7.99. The molecule has 0 saturated heterocycles. The summed E-state index contributed by atoms with van der Waals surface area (Å²) < 4.78 is 7.99. The van der Waals surface area contributed by atoms with Gasteiger partial charge in [0.25, 0.3) is 5.88 Å². The molecule has 1 N–H and O–H groups in total. The maximum atomic E-state index is 13.4. The number of ether oxygens (including phenoxy) is 1. The van der Waals surface area contributed by atoms with Crippen LogP contribution in [0.5, 0.6) is 5.88 Å². The number of amides is 1. The fraction of sp³-hybridized carbons (Fsp3) is 0.467. The van der Waals surface area contributed by atoms with E-state index in [1.165, 1.54) is 5.56 Å². The van der Waals surface area contributed by atoms with Crippen molar-refractivity contribution in [3.63, 3.8) is 0 Å². The van der Waals surface area contributed by atoms with Crippen LogP contribution < -0.4 is 9.64 Å². The lowest BCUT2D eigenvalue weighted by Gasteiger charge is -2.24. The second-order valence-corrected chi connectivity index (χ2v) is 11.3. The van der Waals surface area contributed by atoms with E-state index in [0.717, 1.165) is 35.2 Å². The number of carbonyl (C=O) groups excluding carboxylic acids is 1. The van der Waals surface area contributed by atoms with Gasteiger partial charge in [-0.05, 0) is 98.6 Å². The molecule has 0 radical (unpaired) electrons. The summed E-state index contributed by atoms with van der Waals surface area (Å²) in [6.07, 6.45) is 2.91. The van der Waals surface area contributed by atoms with Crippen LogP contribution in [0.3, 0.4) is 0 Å². The van der Waals surface area contributed by atoms with Crippen molar-refractivity contribution < 1.29 is 19.4 Å². The summed E-state index contributed by atoms with van der Waals surface area (Å²) in [6, 6.07) is 7.93. The zero-order valence-corrected chi connectivity index (χ0v) is 22.8. The van der Waals surface area contributed by atoms with E-state index < -0.39 is 11.9 Å². The van der Waals surface area contributed by atoms with Gasteiger partial charge in [-0.2, -0.15) is 0 Å². The number of carboxylic acid groups (broad SMARTS) is 1. The monoisotopic (exact) mass is 514 g/mol. The van der Waals surface area contributed by atoms with E-state index in [9.17, 15) is 14.7 Å². The molecule has 8 heteroatoms. The molecule has 8 nitrogen and oxygen atoms in total. The van der Waals surface area contributed by atoms with E-state index in [1.54, 1.807) is 16.5 Å². The molecule has 38 heavy (non-hydrogen) atoms. The highest BCUT2D eigenvalue weighted by Gasteiger charge is 2.46. The quantitative estimate of drug-likeness (QED) is 0.441. The molecular formula is C30H34N4O4. The van der Waals surface area contributed by atoms with E-state index >= 15 is 0 Å². The number of fused-ring (bicyclic) bond motifs is 1. The van der Waals surface area contributed by atoms with E-state index in [4.69, 9.17) is 9.72 Å². The van der Waals surface area contributed by atoms with Gasteiger partial charge in [0.05, 0.1) is 17.1 Å². The van der Waals surface area contributed by atoms with Crippen molar-refractivity contribution in [2.24, 2.45) is 18.4 Å². The van der Waals surface area contributed by atoms with Crippen molar-refractivity contribution in [1.82, 2.24) is 14.8 Å². The Hall–Kier alpha value is -3.86. The predicted molar refractivity (Wildman–Crippen MR) is 146 cm³/mol. The van der Waals surface area contributed by atoms with Gasteiger partial charge in [-0.15, -0.1) is 5.10 Å². The average Bonchev–Trinajstić information content (AvgIpc) is 3.58. The molecular weight excluding hydrogens is 480 g/mol. The Morgan fingerprint density at radius 2 is 1.89 bits per heavy atom. The summed E-state index contributed by atoms with van der Waals surface area (Å²) in [6.45, 7) is 9.70. The highest BCUT2D eigenvalue weighted by Crippen LogP contribution is 2.47. The number of hydrogen-bond donors (Lipinski definition) is 1. The molecule has 1 aromatic carbocycles. The normalized spacial score (nSPS) is 20.2. The average molecular weight is 515 g/mol. The van der Waals surface area contributed by atoms with Crippen LogP contribution in [0, 0.1) is 37.0 Å². The minimum absolute atomic E-state index is 0.292. The molecule has 2 aliphatic rings. The lowest BCUT2D eigenvalue weighted by atomic mass is 9.82. The van der Waals surface area contributed by atoms with Gasteiger partial charge >= 0.3 is 11.9 Å². The first-order valence-corrected chi connectivity index (χ1v) is 13.1. The second kappa shape index (κ2) is 9.46. The lowest BCUT2D eigenvalue weighted by molar-refractivity contribution is -0.144. The molecule has 3 aromatic rings. The van der Waals surface area contributed by atoms with E-state index in [2.05, 4.69) is 36.0 Å². The molecule has 2 aliphatic carbocycles. The largest absolute Gasteiger partial charge is 0.481 e. The van der Waals surface area contributed by atoms with Crippen molar-refractivity contribution in [2.45, 2.75) is 72.3 Å². The molecule has 0 aliphatic heterocycles. The fourth-order valence-electron chi connectivity index (χ4n) is 5.62. The number of aryl methyl sites for hydroxylation is 3. The Morgan fingerprint density at radius 3 is 2.53 bits per heavy atom. The molecule has 2 aromatic heterocycles. The van der Waals surface area contributed by atoms with Crippen molar-refractivity contribution in [3.8, 4) is 17.7 Å². The summed E-state index contributed by atoms with van der Waals surface area (Å²) in [5.41, 5.74) is 5.13. The maximum Gasteiger partial charge on any atom is 0.308 e. The van der Waals surface area contributed by atoms with Gasteiger partial charge in [-0.25, -0.2) is 4.98 Å². The predicted octanol–water partition coefficient (Wildman–Crippen LogP) is 5.42. The minimum Gasteiger partial charge on any atom is -0.481 e. The molecule has 0 unspecified atom stereocenters. The SMILES string of the molecule is CC#CC(=O)N(c1ccc2c(n1)c(O[C@@H]1C[C@@H](C(=O)O)C(C)(C)C1)nn2C)c1cc(C)c(C)cc1C1CC1. The van der Waals surface area contributed by atoms with Crippen LogP contribution in [-0.4, -0.2) is 37.9 Å². The minimum atomic E-state index is -0.807. The molecule has 0 bridgehead atoms. The van der Waals surface area contributed by atoms with Gasteiger partial charge in [0.2, 0.25) is 0 Å². The number of nitrogens with zero attached hydrogens (tertiary/aromatic N) is 4. The van der Waals surface area contributed by atoms with Crippen LogP contribution >= 0.6 is 0 Å². The van der Waals surface area contributed by atoms with Crippen molar-refractivity contribution in [2.75, 3.05) is 4.90 Å². The van der Waals surface area contributed by atoms with E-state index in [-0.39, 0.29) is 17.4 Å². The Balaban J connectivity index is 1.58. The van der Waals surface area contributed by atoms with E-state index in [1.807, 2.05) is 40.0 Å². The van der Waals surface area contributed by atoms with Crippen molar-refractivity contribution >= 4 is 34.4 Å². The molecule has 2 heterocycles. The third kappa shape index (κ3) is 4.62. The zero-order chi connectivity index (χ0) is 27.4. The Labute approximate surface area is 223 Å². The maximum absolute atomic E-state index is 13.4. The second-order valence-electron chi connectivity index (χ2n) is 11.3. The third-order valence-electron chi connectivity index (χ3n) is 7.99. The number of hydrogen-bond acceptors (Lipinski definition) is 5. The number of carbonyl (C=O) groups is 2. The van der Waals surface area contributed by atoms with Crippen molar-refractivity contribution in [1.29, 1.82) is 0 Å². The summed E-state index contributed by atoms with van der Waals surface area (Å²) in [4.78, 5) is 31.7. The summed E-state index contributed by atoms with van der Waals surface area (Å²) >= 11 is 0. The van der Waals surface area contributed by atoms with Crippen molar-refractivity contribution in [3.05, 3.63) is 41.0 Å². The van der Waals surface area contributed by atoms with Crippen LogP contribution in [0.4, 0.5) is 11.5 Å². The van der Waals surface area contributed by atoms with Gasteiger partial charge in [-0.3, -0.25) is 19.2 Å². The Morgan fingerprint density at radius 1 is 1.18 bits per heavy atom. The number of pyridine rings is 1. The highest BCUT2D eigenvalue weighted by atomic mass is 16.5.